The number of nitrogens with zero attached hydrogens (tertiary/aromatic N) is 3. The molecular weight excluding hydrogens is 386 g/mol. The molecule has 0 heterocycles. The van der Waals surface area contributed by atoms with Crippen molar-refractivity contribution >= 4 is 17.3 Å². The van der Waals surface area contributed by atoms with E-state index in [-0.39, 0.29) is 12.1 Å². The van der Waals surface area contributed by atoms with Gasteiger partial charge in [-0.3, -0.25) is 25.0 Å². The van der Waals surface area contributed by atoms with Crippen LogP contribution in [0.1, 0.15) is 15.9 Å². The van der Waals surface area contributed by atoms with Crippen molar-refractivity contribution in [2.45, 2.75) is 6.54 Å². The molecule has 0 aliphatic heterocycles. The van der Waals surface area contributed by atoms with Gasteiger partial charge in [-0.25, -0.2) is 0 Å². The van der Waals surface area contributed by atoms with Crippen LogP contribution in [0.2, 0.25) is 0 Å². The number of carbonyl (C=O) groups is 1. The van der Waals surface area contributed by atoms with Crippen LogP contribution in [0.4, 0.5) is 11.4 Å². The molecule has 154 valence electrons. The van der Waals surface area contributed by atoms with Crippen LogP contribution < -0.4 is 14.2 Å². The van der Waals surface area contributed by atoms with Crippen molar-refractivity contribution in [2.75, 3.05) is 28.4 Å². The summed E-state index contributed by atoms with van der Waals surface area (Å²) in [6.45, 7) is 0.0544. The van der Waals surface area contributed by atoms with Crippen molar-refractivity contribution in [1.82, 2.24) is 4.90 Å². The van der Waals surface area contributed by atoms with Crippen LogP contribution >= 0.6 is 0 Å². The van der Waals surface area contributed by atoms with E-state index in [2.05, 4.69) is 0 Å². The molecule has 2 rings (SSSR count). The first kappa shape index (κ1) is 21.4. The minimum Gasteiger partial charge on any atom is -0.493 e. The highest BCUT2D eigenvalue weighted by molar-refractivity contribution is 5.95. The average molecular weight is 405 g/mol. The number of hydrogen-bond donors (Lipinski definition) is 0. The lowest BCUT2D eigenvalue weighted by molar-refractivity contribution is -0.394. The molecule has 0 spiro atoms. The van der Waals surface area contributed by atoms with Gasteiger partial charge in [0.05, 0.1) is 42.8 Å². The summed E-state index contributed by atoms with van der Waals surface area (Å²) in [6.07, 6.45) is 0. The zero-order valence-electron chi connectivity index (χ0n) is 16.2. The lowest BCUT2D eigenvalue weighted by atomic mass is 10.1. The van der Waals surface area contributed by atoms with Crippen molar-refractivity contribution in [3.8, 4) is 17.2 Å². The number of amides is 1. The SMILES string of the molecule is COc1ccc(CN(C)C(=O)c2cc([N+](=O)[O-])cc([N+](=O)[O-])c2)c(OC)c1OC. The molecule has 0 bridgehead atoms. The minimum absolute atomic E-state index is 0.0544. The number of non-ortho nitro benzene ring substituents is 2. The van der Waals surface area contributed by atoms with E-state index >= 15 is 0 Å². The highest BCUT2D eigenvalue weighted by Crippen LogP contribution is 2.40. The molecule has 0 saturated heterocycles. The Hall–Kier alpha value is -3.89. The molecule has 11 heteroatoms. The highest BCUT2D eigenvalue weighted by atomic mass is 16.6. The Morgan fingerprint density at radius 1 is 0.931 bits per heavy atom. The Morgan fingerprint density at radius 2 is 1.48 bits per heavy atom. The van der Waals surface area contributed by atoms with Crippen molar-refractivity contribution in [3.63, 3.8) is 0 Å². The second kappa shape index (κ2) is 8.87. The standard InChI is InChI=1S/C18H19N3O8/c1-19(10-11-5-6-15(27-2)17(29-4)16(11)28-3)18(22)12-7-13(20(23)24)9-14(8-12)21(25)26/h5-9H,10H2,1-4H3. The van der Waals surface area contributed by atoms with Crippen LogP contribution in [0, 0.1) is 20.2 Å². The van der Waals surface area contributed by atoms with Gasteiger partial charge in [0.25, 0.3) is 17.3 Å². The fourth-order valence-electron chi connectivity index (χ4n) is 2.76. The lowest BCUT2D eigenvalue weighted by Gasteiger charge is -2.21. The molecule has 0 saturated carbocycles. The molecule has 0 aliphatic rings. The normalized spacial score (nSPS) is 10.2. The van der Waals surface area contributed by atoms with Crippen LogP contribution in [-0.2, 0) is 6.54 Å². The summed E-state index contributed by atoms with van der Waals surface area (Å²) in [4.78, 5) is 34.5. The summed E-state index contributed by atoms with van der Waals surface area (Å²) in [5, 5.41) is 22.1. The number of benzene rings is 2. The van der Waals surface area contributed by atoms with Crippen molar-refractivity contribution in [2.24, 2.45) is 0 Å². The van der Waals surface area contributed by atoms with Crippen LogP contribution in [0.25, 0.3) is 0 Å². The third kappa shape index (κ3) is 4.51. The maximum atomic E-state index is 12.8. The molecule has 2 aromatic rings. The number of nitro groups is 2. The minimum atomic E-state index is -0.791. The smallest absolute Gasteiger partial charge is 0.277 e. The molecule has 0 fully saturated rings. The van der Waals surface area contributed by atoms with Gasteiger partial charge in [-0.05, 0) is 12.1 Å². The van der Waals surface area contributed by atoms with Crippen molar-refractivity contribution in [3.05, 3.63) is 61.7 Å². The van der Waals surface area contributed by atoms with E-state index in [1.165, 1.54) is 33.3 Å². The second-order valence-corrected chi connectivity index (χ2v) is 5.91. The summed E-state index contributed by atoms with van der Waals surface area (Å²) >= 11 is 0. The van der Waals surface area contributed by atoms with Crippen molar-refractivity contribution in [1.29, 1.82) is 0 Å². The van der Waals surface area contributed by atoms with Gasteiger partial charge in [-0.1, -0.05) is 0 Å². The zero-order valence-corrected chi connectivity index (χ0v) is 16.2. The highest BCUT2D eigenvalue weighted by Gasteiger charge is 2.23. The van der Waals surface area contributed by atoms with Gasteiger partial charge in [0.2, 0.25) is 5.75 Å². The van der Waals surface area contributed by atoms with E-state index in [0.717, 1.165) is 18.2 Å². The first-order chi connectivity index (χ1) is 13.7. The van der Waals surface area contributed by atoms with Crippen LogP contribution in [0.15, 0.2) is 30.3 Å². The van der Waals surface area contributed by atoms with E-state index in [9.17, 15) is 25.0 Å². The van der Waals surface area contributed by atoms with Crippen LogP contribution in [0.5, 0.6) is 17.2 Å². The van der Waals surface area contributed by atoms with Crippen LogP contribution in [-0.4, -0.2) is 49.0 Å². The number of hydrogen-bond acceptors (Lipinski definition) is 8. The van der Waals surface area contributed by atoms with Gasteiger partial charge in [-0.15, -0.1) is 0 Å². The summed E-state index contributed by atoms with van der Waals surface area (Å²) in [5.41, 5.74) is -0.673. The topological polar surface area (TPSA) is 134 Å². The van der Waals surface area contributed by atoms with E-state index in [4.69, 9.17) is 14.2 Å². The van der Waals surface area contributed by atoms with Gasteiger partial charge in [0.15, 0.2) is 11.5 Å². The number of carbonyl (C=O) groups excluding carboxylic acids is 1. The predicted molar refractivity (Wildman–Crippen MR) is 102 cm³/mol. The van der Waals surface area contributed by atoms with E-state index in [1.807, 2.05) is 0 Å². The van der Waals surface area contributed by atoms with Gasteiger partial charge >= 0.3 is 0 Å². The Balaban J connectivity index is 2.39. The quantitative estimate of drug-likeness (QED) is 0.483. The summed E-state index contributed by atoms with van der Waals surface area (Å²) in [7, 11) is 5.82. The van der Waals surface area contributed by atoms with E-state index < -0.39 is 27.1 Å². The monoisotopic (exact) mass is 405 g/mol. The molecule has 11 nitrogen and oxygen atoms in total. The van der Waals surface area contributed by atoms with Gasteiger partial charge in [-0.2, -0.15) is 0 Å². The largest absolute Gasteiger partial charge is 0.493 e. The second-order valence-electron chi connectivity index (χ2n) is 5.91. The molecule has 0 N–H and O–H groups in total. The number of methoxy groups -OCH3 is 3. The molecule has 0 radical (unpaired) electrons. The average Bonchev–Trinajstić information content (AvgIpc) is 2.71. The third-order valence-electron chi connectivity index (χ3n) is 4.11. The lowest BCUT2D eigenvalue weighted by Crippen LogP contribution is -2.26. The molecule has 2 aromatic carbocycles. The summed E-state index contributed by atoms with van der Waals surface area (Å²) in [5.74, 6) is 0.515. The van der Waals surface area contributed by atoms with E-state index in [0.29, 0.717) is 22.8 Å². The molecule has 0 aromatic heterocycles. The molecule has 29 heavy (non-hydrogen) atoms. The predicted octanol–water partition coefficient (Wildman–Crippen LogP) is 2.80. The molecule has 0 atom stereocenters. The number of rotatable bonds is 8. The maximum Gasteiger partial charge on any atom is 0.277 e. The summed E-state index contributed by atoms with van der Waals surface area (Å²) in [6, 6.07) is 6.12. The van der Waals surface area contributed by atoms with E-state index in [1.54, 1.807) is 12.1 Å². The Kier molecular flexibility index (Phi) is 6.55. The van der Waals surface area contributed by atoms with Crippen molar-refractivity contribution < 1.29 is 28.9 Å². The number of nitro benzene ring substituents is 2. The Bertz CT molecular complexity index is 928. The fourth-order valence-corrected chi connectivity index (χ4v) is 2.76. The van der Waals surface area contributed by atoms with Gasteiger partial charge in [0, 0.05) is 31.3 Å². The fraction of sp³-hybridized carbons (Fsp3) is 0.278. The first-order valence-corrected chi connectivity index (χ1v) is 8.20. The maximum absolute atomic E-state index is 12.8. The first-order valence-electron chi connectivity index (χ1n) is 8.20. The summed E-state index contributed by atoms with van der Waals surface area (Å²) < 4.78 is 15.9. The van der Waals surface area contributed by atoms with Gasteiger partial charge in [0.1, 0.15) is 0 Å². The van der Waals surface area contributed by atoms with Crippen LogP contribution in [0.3, 0.4) is 0 Å². The molecule has 1 amide bonds. The molecule has 0 aliphatic carbocycles. The Labute approximate surface area is 165 Å². The third-order valence-corrected chi connectivity index (χ3v) is 4.11. The Morgan fingerprint density at radius 3 is 1.93 bits per heavy atom. The number of ether oxygens (including phenoxy) is 3. The molecule has 0 unspecified atom stereocenters. The zero-order chi connectivity index (χ0) is 21.7. The molecular formula is C18H19N3O8. The van der Waals surface area contributed by atoms with Gasteiger partial charge < -0.3 is 19.1 Å².